The molecule has 0 radical (unpaired) electrons. The summed E-state index contributed by atoms with van der Waals surface area (Å²) < 4.78 is 8.29. The van der Waals surface area contributed by atoms with Gasteiger partial charge in [-0.1, -0.05) is 19.3 Å². The number of morpholine rings is 1. The molecule has 1 aliphatic carbocycles. The van der Waals surface area contributed by atoms with Gasteiger partial charge < -0.3 is 10.1 Å². The first-order valence-electron chi connectivity index (χ1n) is 10.3. The topological polar surface area (TPSA) is 59.4 Å². The highest BCUT2D eigenvalue weighted by atomic mass is 16.5. The lowest BCUT2D eigenvalue weighted by Gasteiger charge is -2.37. The predicted molar refractivity (Wildman–Crippen MR) is 100 cm³/mol. The lowest BCUT2D eigenvalue weighted by molar-refractivity contribution is -0.155. The van der Waals surface area contributed by atoms with Crippen LogP contribution in [0.1, 0.15) is 63.6 Å². The molecule has 2 saturated heterocycles. The Bertz CT molecular complexity index is 638. The van der Waals surface area contributed by atoms with Crippen LogP contribution in [0, 0.1) is 5.92 Å². The van der Waals surface area contributed by atoms with Gasteiger partial charge in [0, 0.05) is 44.1 Å². The Hall–Kier alpha value is -1.40. The van der Waals surface area contributed by atoms with Gasteiger partial charge in [0.1, 0.15) is 0 Å². The molecule has 3 heterocycles. The molecule has 0 unspecified atom stereocenters. The molecule has 1 aromatic heterocycles. The van der Waals surface area contributed by atoms with Gasteiger partial charge >= 0.3 is 0 Å². The largest absolute Gasteiger partial charge is 0.361 e. The lowest BCUT2D eigenvalue weighted by atomic mass is 9.86. The third-order valence-corrected chi connectivity index (χ3v) is 6.38. The molecule has 2 aliphatic heterocycles. The van der Waals surface area contributed by atoms with Gasteiger partial charge in [-0.05, 0) is 38.7 Å². The molecule has 3 aliphatic rings. The number of carbonyl (C=O) groups excluding carboxylic acids is 1. The molecule has 1 saturated carbocycles. The van der Waals surface area contributed by atoms with Crippen molar-refractivity contribution in [3.63, 3.8) is 0 Å². The molecule has 1 aromatic rings. The number of hydrogen-bond donors (Lipinski definition) is 1. The van der Waals surface area contributed by atoms with Crippen LogP contribution in [0.25, 0.3) is 0 Å². The molecule has 3 fully saturated rings. The summed E-state index contributed by atoms with van der Waals surface area (Å²) in [5.74, 6) is 0.855. The van der Waals surface area contributed by atoms with Crippen molar-refractivity contribution < 1.29 is 9.53 Å². The third kappa shape index (κ3) is 3.18. The zero-order chi connectivity index (χ0) is 18.1. The molecule has 6 nitrogen and oxygen atoms in total. The number of rotatable bonds is 4. The first kappa shape index (κ1) is 18.0. The zero-order valence-corrected chi connectivity index (χ0v) is 16.1. The fourth-order valence-corrected chi connectivity index (χ4v) is 5.14. The molecule has 1 N–H and O–H groups in total. The Morgan fingerprint density at radius 1 is 1.35 bits per heavy atom. The maximum atomic E-state index is 13.0. The normalized spacial score (nSPS) is 31.0. The van der Waals surface area contributed by atoms with Crippen LogP contribution in [0.15, 0.2) is 12.3 Å². The van der Waals surface area contributed by atoms with Gasteiger partial charge in [-0.15, -0.1) is 0 Å². The summed E-state index contributed by atoms with van der Waals surface area (Å²) in [6, 6.07) is 2.35. The van der Waals surface area contributed by atoms with Crippen molar-refractivity contribution >= 4 is 5.91 Å². The van der Waals surface area contributed by atoms with Crippen molar-refractivity contribution in [2.75, 3.05) is 32.8 Å². The van der Waals surface area contributed by atoms with Gasteiger partial charge in [-0.3, -0.25) is 14.4 Å². The quantitative estimate of drug-likeness (QED) is 0.895. The minimum atomic E-state index is -0.764. The van der Waals surface area contributed by atoms with E-state index in [1.54, 1.807) is 0 Å². The van der Waals surface area contributed by atoms with Crippen molar-refractivity contribution in [1.29, 1.82) is 0 Å². The van der Waals surface area contributed by atoms with Crippen molar-refractivity contribution in [2.24, 2.45) is 5.92 Å². The van der Waals surface area contributed by atoms with E-state index in [0.717, 1.165) is 24.7 Å². The second kappa shape index (κ2) is 7.31. The van der Waals surface area contributed by atoms with Crippen molar-refractivity contribution in [2.45, 2.75) is 63.5 Å². The molecular weight excluding hydrogens is 328 g/mol. The van der Waals surface area contributed by atoms with Crippen LogP contribution in [-0.4, -0.2) is 59.0 Å². The van der Waals surface area contributed by atoms with Crippen LogP contribution in [0.3, 0.4) is 0 Å². The Morgan fingerprint density at radius 3 is 2.88 bits per heavy atom. The minimum Gasteiger partial charge on any atom is -0.361 e. The number of carbonyl (C=O) groups is 1. The molecular formula is C20H32N4O2. The molecule has 144 valence electrons. The fraction of sp³-hybridized carbons (Fsp3) is 0.800. The van der Waals surface area contributed by atoms with E-state index >= 15 is 0 Å². The SMILES string of the molecule is CC(C)n1nccc1[C@@H]1CN(CC2CCCCC2)C[C@@]12OCCNC2=O. The number of aromatic nitrogens is 2. The van der Waals surface area contributed by atoms with Crippen LogP contribution in [-0.2, 0) is 9.53 Å². The minimum absolute atomic E-state index is 0.0382. The number of ether oxygens (including phenoxy) is 1. The van der Waals surface area contributed by atoms with E-state index in [9.17, 15) is 4.79 Å². The molecule has 1 spiro atoms. The van der Waals surface area contributed by atoms with E-state index in [2.05, 4.69) is 39.9 Å². The summed E-state index contributed by atoms with van der Waals surface area (Å²) in [5, 5.41) is 7.57. The second-order valence-corrected chi connectivity index (χ2v) is 8.54. The van der Waals surface area contributed by atoms with Gasteiger partial charge in [-0.2, -0.15) is 5.10 Å². The Morgan fingerprint density at radius 2 is 2.15 bits per heavy atom. The zero-order valence-electron chi connectivity index (χ0n) is 16.1. The monoisotopic (exact) mass is 360 g/mol. The highest BCUT2D eigenvalue weighted by Gasteiger charge is 2.56. The summed E-state index contributed by atoms with van der Waals surface area (Å²) >= 11 is 0. The van der Waals surface area contributed by atoms with Crippen molar-refractivity contribution in [3.8, 4) is 0 Å². The number of likely N-dealkylation sites (tertiary alicyclic amines) is 1. The molecule has 4 rings (SSSR count). The molecule has 26 heavy (non-hydrogen) atoms. The van der Waals surface area contributed by atoms with Crippen LogP contribution < -0.4 is 5.32 Å². The molecule has 0 aromatic carbocycles. The Labute approximate surface area is 156 Å². The number of nitrogens with zero attached hydrogens (tertiary/aromatic N) is 3. The fourth-order valence-electron chi connectivity index (χ4n) is 5.14. The molecule has 1 amide bonds. The first-order chi connectivity index (χ1) is 12.6. The number of amides is 1. The first-order valence-corrected chi connectivity index (χ1v) is 10.3. The standard InChI is InChI=1S/C20H32N4O2/c1-15(2)24-18(8-9-22-24)17-13-23(12-16-6-4-3-5-7-16)14-20(17)19(25)21-10-11-26-20/h8-9,15-17H,3-7,10-14H2,1-2H3,(H,21,25)/t17-,20+/m0/s1. The number of nitrogens with one attached hydrogen (secondary N) is 1. The highest BCUT2D eigenvalue weighted by molar-refractivity contribution is 5.88. The Balaban J connectivity index is 1.61. The van der Waals surface area contributed by atoms with E-state index in [1.165, 1.54) is 32.1 Å². The van der Waals surface area contributed by atoms with Crippen molar-refractivity contribution in [3.05, 3.63) is 18.0 Å². The number of hydrogen-bond acceptors (Lipinski definition) is 4. The van der Waals surface area contributed by atoms with Crippen molar-refractivity contribution in [1.82, 2.24) is 20.0 Å². The maximum absolute atomic E-state index is 13.0. The lowest BCUT2D eigenvalue weighted by Crippen LogP contribution is -2.59. The van der Waals surface area contributed by atoms with Crippen LogP contribution in [0.4, 0.5) is 0 Å². The van der Waals surface area contributed by atoms with Gasteiger partial charge in [0.25, 0.3) is 5.91 Å². The van der Waals surface area contributed by atoms with E-state index < -0.39 is 5.60 Å². The molecule has 2 atom stereocenters. The van der Waals surface area contributed by atoms with Gasteiger partial charge in [0.15, 0.2) is 5.60 Å². The smallest absolute Gasteiger partial charge is 0.254 e. The van der Waals surface area contributed by atoms with E-state index in [0.29, 0.717) is 19.7 Å². The van der Waals surface area contributed by atoms with Crippen LogP contribution in [0.2, 0.25) is 0 Å². The van der Waals surface area contributed by atoms with E-state index in [1.807, 2.05) is 6.20 Å². The summed E-state index contributed by atoms with van der Waals surface area (Å²) in [7, 11) is 0. The molecule has 6 heteroatoms. The van der Waals surface area contributed by atoms with Crippen LogP contribution in [0.5, 0.6) is 0 Å². The average Bonchev–Trinajstić information content (AvgIpc) is 3.24. The second-order valence-electron chi connectivity index (χ2n) is 8.54. The third-order valence-electron chi connectivity index (χ3n) is 6.38. The summed E-state index contributed by atoms with van der Waals surface area (Å²) in [6.45, 7) is 8.14. The predicted octanol–water partition coefficient (Wildman–Crippen LogP) is 2.33. The van der Waals surface area contributed by atoms with Crippen LogP contribution >= 0.6 is 0 Å². The average molecular weight is 361 g/mol. The molecule has 0 bridgehead atoms. The summed E-state index contributed by atoms with van der Waals surface area (Å²) in [4.78, 5) is 15.4. The van der Waals surface area contributed by atoms with Gasteiger partial charge in [0.05, 0.1) is 12.5 Å². The highest BCUT2D eigenvalue weighted by Crippen LogP contribution is 2.41. The van der Waals surface area contributed by atoms with E-state index in [-0.39, 0.29) is 17.9 Å². The van der Waals surface area contributed by atoms with Gasteiger partial charge in [-0.25, -0.2) is 0 Å². The summed E-state index contributed by atoms with van der Waals surface area (Å²) in [6.07, 6.45) is 8.58. The summed E-state index contributed by atoms with van der Waals surface area (Å²) in [5.41, 5.74) is 0.364. The van der Waals surface area contributed by atoms with E-state index in [4.69, 9.17) is 4.74 Å². The maximum Gasteiger partial charge on any atom is 0.254 e. The van der Waals surface area contributed by atoms with Gasteiger partial charge in [0.2, 0.25) is 0 Å². The Kier molecular flexibility index (Phi) is 5.06.